The van der Waals surface area contributed by atoms with E-state index in [0.717, 1.165) is 28.0 Å². The van der Waals surface area contributed by atoms with Crippen molar-refractivity contribution >= 4 is 15.9 Å². The zero-order chi connectivity index (χ0) is 12.3. The van der Waals surface area contributed by atoms with Crippen LogP contribution >= 0.6 is 15.9 Å². The van der Waals surface area contributed by atoms with Crippen LogP contribution in [0.3, 0.4) is 0 Å². The van der Waals surface area contributed by atoms with E-state index < -0.39 is 0 Å². The van der Waals surface area contributed by atoms with Gasteiger partial charge in [0.1, 0.15) is 5.75 Å². The fourth-order valence-electron chi connectivity index (χ4n) is 1.56. The van der Waals surface area contributed by atoms with Crippen LogP contribution in [0.2, 0.25) is 0 Å². The van der Waals surface area contributed by atoms with Crippen LogP contribution in [0, 0.1) is 0 Å². The number of rotatable bonds is 4. The van der Waals surface area contributed by atoms with Gasteiger partial charge >= 0.3 is 0 Å². The molecule has 2 rings (SSSR count). The zero-order valence-corrected chi connectivity index (χ0v) is 11.1. The number of ether oxygens (including phenoxy) is 1. The van der Waals surface area contributed by atoms with Crippen molar-refractivity contribution < 1.29 is 4.74 Å². The first-order chi connectivity index (χ1) is 8.19. The molecule has 2 aromatic rings. The van der Waals surface area contributed by atoms with E-state index in [-0.39, 0.29) is 0 Å². The fourth-order valence-corrected chi connectivity index (χ4v) is 1.90. The quantitative estimate of drug-likeness (QED) is 0.943. The standard InChI is InChI=1S/C12H14BrN3O/c1-16-8-11(7-15-16)17-12-6-10(13)3-2-9(12)4-5-14/h2-3,6-8H,4-5,14H2,1H3. The highest BCUT2D eigenvalue weighted by Crippen LogP contribution is 2.28. The Morgan fingerprint density at radius 2 is 2.29 bits per heavy atom. The van der Waals surface area contributed by atoms with Crippen molar-refractivity contribution in [3.63, 3.8) is 0 Å². The molecule has 0 saturated heterocycles. The Morgan fingerprint density at radius 3 is 2.94 bits per heavy atom. The first kappa shape index (κ1) is 12.1. The Bertz CT molecular complexity index is 510. The SMILES string of the molecule is Cn1cc(Oc2cc(Br)ccc2CCN)cn1. The summed E-state index contributed by atoms with van der Waals surface area (Å²) in [7, 11) is 1.86. The van der Waals surface area contributed by atoms with Gasteiger partial charge in [0.05, 0.1) is 12.4 Å². The molecule has 1 heterocycles. The highest BCUT2D eigenvalue weighted by Gasteiger charge is 2.06. The molecule has 0 aliphatic rings. The second-order valence-electron chi connectivity index (χ2n) is 3.74. The third-order valence-corrected chi connectivity index (χ3v) is 2.85. The normalized spacial score (nSPS) is 10.5. The van der Waals surface area contributed by atoms with E-state index in [1.54, 1.807) is 10.9 Å². The van der Waals surface area contributed by atoms with Crippen molar-refractivity contribution in [3.8, 4) is 11.5 Å². The lowest BCUT2D eigenvalue weighted by molar-refractivity contribution is 0.475. The summed E-state index contributed by atoms with van der Waals surface area (Å²) in [4.78, 5) is 0. The van der Waals surface area contributed by atoms with Gasteiger partial charge in [-0.2, -0.15) is 5.10 Å². The first-order valence-electron chi connectivity index (χ1n) is 5.34. The number of hydrogen-bond acceptors (Lipinski definition) is 3. The second kappa shape index (κ2) is 5.33. The van der Waals surface area contributed by atoms with Crippen LogP contribution in [0.15, 0.2) is 35.1 Å². The van der Waals surface area contributed by atoms with Gasteiger partial charge < -0.3 is 10.5 Å². The van der Waals surface area contributed by atoms with Gasteiger partial charge in [0.25, 0.3) is 0 Å². The number of hydrogen-bond donors (Lipinski definition) is 1. The monoisotopic (exact) mass is 295 g/mol. The van der Waals surface area contributed by atoms with Gasteiger partial charge in [-0.15, -0.1) is 0 Å². The van der Waals surface area contributed by atoms with Crippen LogP contribution in [0.25, 0.3) is 0 Å². The molecule has 4 nitrogen and oxygen atoms in total. The maximum Gasteiger partial charge on any atom is 0.165 e. The number of nitrogens with zero attached hydrogens (tertiary/aromatic N) is 2. The Kier molecular flexibility index (Phi) is 3.81. The predicted octanol–water partition coefficient (Wildman–Crippen LogP) is 2.48. The molecule has 0 aliphatic heterocycles. The van der Waals surface area contributed by atoms with Gasteiger partial charge in [0.2, 0.25) is 0 Å². The molecule has 5 heteroatoms. The van der Waals surface area contributed by atoms with Gasteiger partial charge in [0.15, 0.2) is 5.75 Å². The average molecular weight is 296 g/mol. The zero-order valence-electron chi connectivity index (χ0n) is 9.56. The molecule has 2 N–H and O–H groups in total. The highest BCUT2D eigenvalue weighted by molar-refractivity contribution is 9.10. The summed E-state index contributed by atoms with van der Waals surface area (Å²) in [5.74, 6) is 1.54. The second-order valence-corrected chi connectivity index (χ2v) is 4.66. The maximum atomic E-state index is 5.79. The first-order valence-corrected chi connectivity index (χ1v) is 6.13. The van der Waals surface area contributed by atoms with Crippen LogP contribution in [0.1, 0.15) is 5.56 Å². The molecular weight excluding hydrogens is 282 g/mol. The molecule has 1 aromatic carbocycles. The lowest BCUT2D eigenvalue weighted by Gasteiger charge is -2.09. The number of benzene rings is 1. The van der Waals surface area contributed by atoms with Crippen LogP contribution < -0.4 is 10.5 Å². The van der Waals surface area contributed by atoms with E-state index in [0.29, 0.717) is 6.54 Å². The minimum Gasteiger partial charge on any atom is -0.454 e. The molecule has 0 fully saturated rings. The van der Waals surface area contributed by atoms with Crippen LogP contribution in [0.5, 0.6) is 11.5 Å². The number of nitrogens with two attached hydrogens (primary N) is 1. The summed E-state index contributed by atoms with van der Waals surface area (Å²) in [5, 5.41) is 4.07. The Balaban J connectivity index is 2.26. The van der Waals surface area contributed by atoms with Crippen molar-refractivity contribution in [2.75, 3.05) is 6.54 Å². The van der Waals surface area contributed by atoms with Crippen molar-refractivity contribution in [2.24, 2.45) is 12.8 Å². The highest BCUT2D eigenvalue weighted by atomic mass is 79.9. The number of aromatic nitrogens is 2. The van der Waals surface area contributed by atoms with Crippen molar-refractivity contribution in [1.82, 2.24) is 9.78 Å². The molecule has 0 atom stereocenters. The summed E-state index contributed by atoms with van der Waals surface area (Å²) in [6, 6.07) is 5.95. The maximum absolute atomic E-state index is 5.79. The van der Waals surface area contributed by atoms with Gasteiger partial charge in [-0.05, 0) is 30.7 Å². The third-order valence-electron chi connectivity index (χ3n) is 2.35. The molecular formula is C12H14BrN3O. The summed E-state index contributed by atoms with van der Waals surface area (Å²) in [5.41, 5.74) is 6.68. The summed E-state index contributed by atoms with van der Waals surface area (Å²) < 4.78 is 8.48. The van der Waals surface area contributed by atoms with Crippen molar-refractivity contribution in [3.05, 3.63) is 40.6 Å². The Hall–Kier alpha value is -1.33. The van der Waals surface area contributed by atoms with E-state index in [9.17, 15) is 0 Å². The molecule has 17 heavy (non-hydrogen) atoms. The van der Waals surface area contributed by atoms with E-state index in [1.807, 2.05) is 31.4 Å². The topological polar surface area (TPSA) is 53.1 Å². The summed E-state index contributed by atoms with van der Waals surface area (Å²) in [6.07, 6.45) is 4.31. The molecule has 0 saturated carbocycles. The minimum absolute atomic E-state index is 0.602. The molecule has 0 aliphatic carbocycles. The van der Waals surface area contributed by atoms with Crippen molar-refractivity contribution in [2.45, 2.75) is 6.42 Å². The average Bonchev–Trinajstić information content (AvgIpc) is 2.68. The van der Waals surface area contributed by atoms with Gasteiger partial charge in [-0.25, -0.2) is 0 Å². The Labute approximate surface area is 109 Å². The van der Waals surface area contributed by atoms with Gasteiger partial charge in [-0.3, -0.25) is 4.68 Å². The smallest absolute Gasteiger partial charge is 0.165 e. The van der Waals surface area contributed by atoms with Crippen LogP contribution in [-0.2, 0) is 13.5 Å². The Morgan fingerprint density at radius 1 is 1.47 bits per heavy atom. The van der Waals surface area contributed by atoms with E-state index >= 15 is 0 Å². The molecule has 1 aromatic heterocycles. The number of aryl methyl sites for hydroxylation is 1. The predicted molar refractivity (Wildman–Crippen MR) is 70.2 cm³/mol. The molecule has 0 bridgehead atoms. The summed E-state index contributed by atoms with van der Waals surface area (Å²) >= 11 is 3.43. The minimum atomic E-state index is 0.602. The largest absolute Gasteiger partial charge is 0.454 e. The van der Waals surface area contributed by atoms with E-state index in [1.165, 1.54) is 0 Å². The van der Waals surface area contributed by atoms with Crippen LogP contribution in [0.4, 0.5) is 0 Å². The summed E-state index contributed by atoms with van der Waals surface area (Å²) in [6.45, 7) is 0.602. The van der Waals surface area contributed by atoms with Gasteiger partial charge in [-0.1, -0.05) is 22.0 Å². The third kappa shape index (κ3) is 3.08. The molecule has 0 unspecified atom stereocenters. The van der Waals surface area contributed by atoms with E-state index in [4.69, 9.17) is 10.5 Å². The van der Waals surface area contributed by atoms with Gasteiger partial charge in [0, 0.05) is 11.5 Å². The molecule has 0 amide bonds. The molecule has 0 radical (unpaired) electrons. The molecule has 90 valence electrons. The lowest BCUT2D eigenvalue weighted by atomic mass is 10.1. The number of halogens is 1. The van der Waals surface area contributed by atoms with Crippen LogP contribution in [-0.4, -0.2) is 16.3 Å². The lowest BCUT2D eigenvalue weighted by Crippen LogP contribution is -2.04. The fraction of sp³-hybridized carbons (Fsp3) is 0.250. The molecule has 0 spiro atoms. The van der Waals surface area contributed by atoms with Crippen molar-refractivity contribution in [1.29, 1.82) is 0 Å². The van der Waals surface area contributed by atoms with E-state index in [2.05, 4.69) is 21.0 Å².